The third-order valence-electron chi connectivity index (χ3n) is 5.22. The molecule has 0 amide bonds. The van der Waals surface area contributed by atoms with Crippen molar-refractivity contribution in [3.05, 3.63) is 58.7 Å². The predicted molar refractivity (Wildman–Crippen MR) is 81.9 cm³/mol. The Kier molecular flexibility index (Phi) is 2.47. The maximum absolute atomic E-state index is 12.3. The maximum atomic E-state index is 12.3. The van der Waals surface area contributed by atoms with Gasteiger partial charge in [-0.2, -0.15) is 0 Å². The molecule has 2 aliphatic carbocycles. The average molecular weight is 276 g/mol. The standard InChI is InChI=1S/C19H16O2/c1-2-19-10-9-16(21)15-8-4-7-14(18(15)19)13-6-3-5-12(11-20)17(13)19/h3-8,11H,2,9-10H2,1H3. The lowest BCUT2D eigenvalue weighted by molar-refractivity contribution is 0.0958. The number of carbonyl (C=O) groups is 2. The van der Waals surface area contributed by atoms with Crippen LogP contribution in [0.3, 0.4) is 0 Å². The van der Waals surface area contributed by atoms with E-state index in [1.165, 1.54) is 0 Å². The molecule has 2 aromatic carbocycles. The Morgan fingerprint density at radius 1 is 1.05 bits per heavy atom. The molecule has 21 heavy (non-hydrogen) atoms. The zero-order valence-electron chi connectivity index (χ0n) is 12.0. The minimum atomic E-state index is -0.160. The number of hydrogen-bond donors (Lipinski definition) is 0. The first-order valence-corrected chi connectivity index (χ1v) is 7.48. The fourth-order valence-electron chi connectivity index (χ4n) is 4.32. The first-order chi connectivity index (χ1) is 10.2. The highest BCUT2D eigenvalue weighted by Crippen LogP contribution is 2.57. The number of hydrogen-bond acceptors (Lipinski definition) is 2. The number of ketones is 1. The molecular weight excluding hydrogens is 260 g/mol. The third-order valence-corrected chi connectivity index (χ3v) is 5.22. The number of benzene rings is 2. The molecule has 0 radical (unpaired) electrons. The van der Waals surface area contributed by atoms with Crippen LogP contribution in [0.15, 0.2) is 36.4 Å². The van der Waals surface area contributed by atoms with Crippen molar-refractivity contribution in [2.75, 3.05) is 0 Å². The van der Waals surface area contributed by atoms with Crippen molar-refractivity contribution in [1.82, 2.24) is 0 Å². The molecule has 0 heterocycles. The predicted octanol–water partition coefficient (Wildman–Crippen LogP) is 4.15. The van der Waals surface area contributed by atoms with Gasteiger partial charge in [-0.25, -0.2) is 0 Å². The van der Waals surface area contributed by atoms with Crippen LogP contribution < -0.4 is 0 Å². The molecular formula is C19H16O2. The monoisotopic (exact) mass is 276 g/mol. The quantitative estimate of drug-likeness (QED) is 0.772. The normalized spacial score (nSPS) is 21.9. The van der Waals surface area contributed by atoms with E-state index in [4.69, 9.17) is 0 Å². The molecule has 2 aliphatic rings. The molecule has 2 nitrogen and oxygen atoms in total. The number of Topliss-reactive ketones (excluding diaryl/α,β-unsaturated/α-hetero) is 1. The molecule has 0 saturated heterocycles. The fourth-order valence-corrected chi connectivity index (χ4v) is 4.32. The van der Waals surface area contributed by atoms with Crippen molar-refractivity contribution >= 4 is 12.1 Å². The van der Waals surface area contributed by atoms with Gasteiger partial charge in [0, 0.05) is 23.0 Å². The summed E-state index contributed by atoms with van der Waals surface area (Å²) >= 11 is 0. The highest BCUT2D eigenvalue weighted by molar-refractivity contribution is 6.04. The number of rotatable bonds is 2. The third kappa shape index (κ3) is 1.37. The van der Waals surface area contributed by atoms with Crippen molar-refractivity contribution in [2.24, 2.45) is 0 Å². The molecule has 0 aromatic heterocycles. The van der Waals surface area contributed by atoms with E-state index in [2.05, 4.69) is 19.1 Å². The van der Waals surface area contributed by atoms with Gasteiger partial charge in [0.2, 0.25) is 0 Å². The molecule has 0 N–H and O–H groups in total. The Balaban J connectivity index is 2.18. The number of aldehydes is 1. The molecule has 2 aromatic rings. The molecule has 1 atom stereocenters. The van der Waals surface area contributed by atoms with Crippen LogP contribution in [0.25, 0.3) is 11.1 Å². The topological polar surface area (TPSA) is 34.1 Å². The summed E-state index contributed by atoms with van der Waals surface area (Å²) in [6.07, 6.45) is 3.25. The lowest BCUT2D eigenvalue weighted by Gasteiger charge is -2.36. The Bertz CT molecular complexity index is 788. The average Bonchev–Trinajstić information content (AvgIpc) is 2.83. The molecule has 0 fully saturated rings. The van der Waals surface area contributed by atoms with Crippen LogP contribution in [0.1, 0.15) is 58.0 Å². The van der Waals surface area contributed by atoms with Crippen molar-refractivity contribution < 1.29 is 9.59 Å². The summed E-state index contributed by atoms with van der Waals surface area (Å²) in [6, 6.07) is 11.9. The molecule has 0 aliphatic heterocycles. The first kappa shape index (κ1) is 12.5. The summed E-state index contributed by atoms with van der Waals surface area (Å²) in [6.45, 7) is 2.16. The van der Waals surface area contributed by atoms with E-state index in [9.17, 15) is 9.59 Å². The number of carbonyl (C=O) groups excluding carboxylic acids is 2. The molecule has 0 saturated carbocycles. The Hall–Kier alpha value is -2.22. The maximum Gasteiger partial charge on any atom is 0.163 e. The molecule has 4 rings (SSSR count). The largest absolute Gasteiger partial charge is 0.298 e. The van der Waals surface area contributed by atoms with Crippen molar-refractivity contribution in [1.29, 1.82) is 0 Å². The Labute approximate surface area is 123 Å². The van der Waals surface area contributed by atoms with Crippen LogP contribution in [0.4, 0.5) is 0 Å². The lowest BCUT2D eigenvalue weighted by atomic mass is 9.66. The van der Waals surface area contributed by atoms with Crippen LogP contribution in [0.5, 0.6) is 0 Å². The highest BCUT2D eigenvalue weighted by Gasteiger charge is 2.47. The molecule has 1 unspecified atom stereocenters. The zero-order chi connectivity index (χ0) is 14.6. The molecule has 2 heteroatoms. The lowest BCUT2D eigenvalue weighted by Crippen LogP contribution is -2.32. The van der Waals surface area contributed by atoms with Crippen LogP contribution >= 0.6 is 0 Å². The van der Waals surface area contributed by atoms with E-state index in [-0.39, 0.29) is 11.2 Å². The van der Waals surface area contributed by atoms with Crippen molar-refractivity contribution in [3.8, 4) is 11.1 Å². The minimum absolute atomic E-state index is 0.160. The van der Waals surface area contributed by atoms with Gasteiger partial charge in [-0.1, -0.05) is 43.3 Å². The van der Waals surface area contributed by atoms with Gasteiger partial charge in [-0.15, -0.1) is 0 Å². The number of fused-ring (bicyclic) bond motifs is 3. The van der Waals surface area contributed by atoms with Gasteiger partial charge in [0.15, 0.2) is 5.78 Å². The zero-order valence-corrected chi connectivity index (χ0v) is 12.0. The van der Waals surface area contributed by atoms with Crippen LogP contribution in [0.2, 0.25) is 0 Å². The summed E-state index contributed by atoms with van der Waals surface area (Å²) in [5.74, 6) is 0.233. The second-order valence-corrected chi connectivity index (χ2v) is 5.97. The second-order valence-electron chi connectivity index (χ2n) is 5.97. The smallest absolute Gasteiger partial charge is 0.163 e. The Morgan fingerprint density at radius 2 is 1.71 bits per heavy atom. The Morgan fingerprint density at radius 3 is 2.43 bits per heavy atom. The first-order valence-electron chi connectivity index (χ1n) is 7.48. The van der Waals surface area contributed by atoms with Gasteiger partial charge in [0.05, 0.1) is 0 Å². The van der Waals surface area contributed by atoms with Crippen LogP contribution in [-0.2, 0) is 5.41 Å². The molecule has 104 valence electrons. The van der Waals surface area contributed by atoms with E-state index in [1.54, 1.807) is 0 Å². The van der Waals surface area contributed by atoms with Gasteiger partial charge in [0.25, 0.3) is 0 Å². The SMILES string of the molecule is CCC12CCC(=O)c3cccc(c31)-c1cccc(C=O)c12. The molecule has 0 bridgehead atoms. The molecule has 0 spiro atoms. The highest BCUT2D eigenvalue weighted by atomic mass is 16.1. The minimum Gasteiger partial charge on any atom is -0.298 e. The van der Waals surface area contributed by atoms with Crippen LogP contribution in [-0.4, -0.2) is 12.1 Å². The summed E-state index contributed by atoms with van der Waals surface area (Å²) in [4.78, 5) is 23.8. The van der Waals surface area contributed by atoms with Gasteiger partial charge < -0.3 is 0 Å². The van der Waals surface area contributed by atoms with E-state index in [0.29, 0.717) is 6.42 Å². The van der Waals surface area contributed by atoms with Gasteiger partial charge in [0.1, 0.15) is 6.29 Å². The summed E-state index contributed by atoms with van der Waals surface area (Å²) < 4.78 is 0. The van der Waals surface area contributed by atoms with E-state index >= 15 is 0 Å². The summed E-state index contributed by atoms with van der Waals surface area (Å²) in [5, 5.41) is 0. The van der Waals surface area contributed by atoms with Crippen molar-refractivity contribution in [3.63, 3.8) is 0 Å². The van der Waals surface area contributed by atoms with E-state index in [1.807, 2.05) is 24.3 Å². The van der Waals surface area contributed by atoms with Gasteiger partial charge in [-0.3, -0.25) is 9.59 Å². The summed E-state index contributed by atoms with van der Waals surface area (Å²) in [5.41, 5.74) is 6.03. The van der Waals surface area contributed by atoms with Crippen molar-refractivity contribution in [2.45, 2.75) is 31.6 Å². The van der Waals surface area contributed by atoms with Gasteiger partial charge >= 0.3 is 0 Å². The van der Waals surface area contributed by atoms with E-state index < -0.39 is 0 Å². The second kappa shape index (κ2) is 4.14. The van der Waals surface area contributed by atoms with Gasteiger partial charge in [-0.05, 0) is 35.1 Å². The summed E-state index contributed by atoms with van der Waals surface area (Å²) in [7, 11) is 0. The van der Waals surface area contributed by atoms with E-state index in [0.717, 1.165) is 52.5 Å². The fraction of sp³-hybridized carbons (Fsp3) is 0.263. The van der Waals surface area contributed by atoms with Crippen LogP contribution in [0, 0.1) is 0 Å².